The number of esters is 1. The number of nitrogens with zero attached hydrogens (tertiary/aromatic N) is 4. The molecule has 0 bridgehead atoms. The van der Waals surface area contributed by atoms with Crippen LogP contribution in [-0.4, -0.2) is 32.6 Å². The zero-order valence-corrected chi connectivity index (χ0v) is 12.2. The van der Waals surface area contributed by atoms with Gasteiger partial charge in [-0.05, 0) is 26.0 Å². The molecule has 7 nitrogen and oxygen atoms in total. The first-order valence-corrected chi connectivity index (χ1v) is 6.81. The Kier molecular flexibility index (Phi) is 3.69. The highest BCUT2D eigenvalue weighted by Crippen LogP contribution is 2.24. The fourth-order valence-electron chi connectivity index (χ4n) is 2.03. The summed E-state index contributed by atoms with van der Waals surface area (Å²) in [5.74, 6) is -0.534. The minimum absolute atomic E-state index is 0.0325. The number of para-hydroxylation sites is 1. The van der Waals surface area contributed by atoms with Crippen molar-refractivity contribution in [1.82, 2.24) is 20.0 Å². The van der Waals surface area contributed by atoms with Gasteiger partial charge in [-0.1, -0.05) is 18.2 Å². The lowest BCUT2D eigenvalue weighted by atomic mass is 10.2. The summed E-state index contributed by atoms with van der Waals surface area (Å²) in [5, 5.41) is 8.76. The average Bonchev–Trinajstić information content (AvgIpc) is 3.14. The van der Waals surface area contributed by atoms with Gasteiger partial charge in [-0.3, -0.25) is 0 Å². The predicted molar refractivity (Wildman–Crippen MR) is 77.5 cm³/mol. The smallest absolute Gasteiger partial charge is 0.376 e. The predicted octanol–water partition coefficient (Wildman–Crippen LogP) is 2.41. The molecule has 112 valence electrons. The van der Waals surface area contributed by atoms with Gasteiger partial charge in [0.05, 0.1) is 18.0 Å². The zero-order chi connectivity index (χ0) is 15.5. The fraction of sp³-hybridized carbons (Fsp3) is 0.200. The number of benzene rings is 1. The number of aromatic nitrogens is 4. The maximum Gasteiger partial charge on any atom is 0.376 e. The third kappa shape index (κ3) is 2.48. The molecule has 0 unspecified atom stereocenters. The molecule has 3 rings (SSSR count). The third-order valence-electron chi connectivity index (χ3n) is 3.02. The quantitative estimate of drug-likeness (QED) is 0.688. The van der Waals surface area contributed by atoms with Crippen molar-refractivity contribution >= 4 is 5.97 Å². The van der Waals surface area contributed by atoms with Crippen molar-refractivity contribution in [3.8, 4) is 17.1 Å². The molecule has 0 aliphatic heterocycles. The van der Waals surface area contributed by atoms with Crippen molar-refractivity contribution in [2.75, 3.05) is 6.61 Å². The first-order valence-electron chi connectivity index (χ1n) is 6.81. The summed E-state index contributed by atoms with van der Waals surface area (Å²) in [5.41, 5.74) is 2.28. The Labute approximate surface area is 126 Å². The summed E-state index contributed by atoms with van der Waals surface area (Å²) in [4.78, 5) is 17.4. The highest BCUT2D eigenvalue weighted by molar-refractivity contribution is 5.92. The van der Waals surface area contributed by atoms with Gasteiger partial charge in [0.2, 0.25) is 5.76 Å². The van der Waals surface area contributed by atoms with E-state index in [-0.39, 0.29) is 12.4 Å². The van der Waals surface area contributed by atoms with Crippen molar-refractivity contribution < 1.29 is 13.9 Å². The molecule has 0 spiro atoms. The van der Waals surface area contributed by atoms with Crippen molar-refractivity contribution in [2.24, 2.45) is 0 Å². The number of hydrogen-bond acceptors (Lipinski definition) is 6. The molecular formula is C15H14N4O3. The summed E-state index contributed by atoms with van der Waals surface area (Å²) < 4.78 is 10.1. The van der Waals surface area contributed by atoms with Gasteiger partial charge < -0.3 is 9.15 Å². The van der Waals surface area contributed by atoms with Crippen LogP contribution in [0.3, 0.4) is 0 Å². The van der Waals surface area contributed by atoms with Crippen LogP contribution >= 0.6 is 0 Å². The number of hydrogen-bond donors (Lipinski definition) is 0. The summed E-state index contributed by atoms with van der Waals surface area (Å²) in [6, 6.07) is 9.48. The topological polar surface area (TPSA) is 83.0 Å². The Balaban J connectivity index is 2.02. The van der Waals surface area contributed by atoms with Crippen LogP contribution in [0.15, 0.2) is 41.1 Å². The molecule has 0 amide bonds. The van der Waals surface area contributed by atoms with E-state index in [0.717, 1.165) is 5.69 Å². The number of carbonyl (C=O) groups is 1. The Morgan fingerprint density at radius 1 is 1.23 bits per heavy atom. The van der Waals surface area contributed by atoms with Gasteiger partial charge in [0, 0.05) is 0 Å². The summed E-state index contributed by atoms with van der Waals surface area (Å²) >= 11 is 0. The van der Waals surface area contributed by atoms with E-state index in [9.17, 15) is 4.79 Å². The van der Waals surface area contributed by atoms with Gasteiger partial charge in [-0.2, -0.15) is 9.90 Å². The lowest BCUT2D eigenvalue weighted by molar-refractivity contribution is 0.0491. The molecule has 0 saturated heterocycles. The fourth-order valence-corrected chi connectivity index (χ4v) is 2.03. The maximum absolute atomic E-state index is 11.9. The second-order valence-electron chi connectivity index (χ2n) is 4.51. The standard InChI is InChI=1S/C15H14N4O3/c1-3-21-15(20)14-13(16-9-22-14)12-10(2)17-19(18-12)11-7-5-4-6-8-11/h4-9H,3H2,1-2H3. The number of oxazole rings is 1. The van der Waals surface area contributed by atoms with E-state index < -0.39 is 5.97 Å². The van der Waals surface area contributed by atoms with Crippen LogP contribution in [-0.2, 0) is 4.74 Å². The molecule has 0 atom stereocenters. The molecule has 0 N–H and O–H groups in total. The molecule has 0 radical (unpaired) electrons. The zero-order valence-electron chi connectivity index (χ0n) is 12.2. The number of ether oxygens (including phenoxy) is 1. The van der Waals surface area contributed by atoms with Crippen molar-refractivity contribution in [3.63, 3.8) is 0 Å². The van der Waals surface area contributed by atoms with Crippen LogP contribution in [0.1, 0.15) is 23.2 Å². The van der Waals surface area contributed by atoms with Crippen LogP contribution in [0.5, 0.6) is 0 Å². The molecule has 7 heteroatoms. The Morgan fingerprint density at radius 2 is 2.00 bits per heavy atom. The lowest BCUT2D eigenvalue weighted by Crippen LogP contribution is -2.05. The van der Waals surface area contributed by atoms with E-state index in [2.05, 4.69) is 15.2 Å². The van der Waals surface area contributed by atoms with Gasteiger partial charge in [-0.25, -0.2) is 9.78 Å². The van der Waals surface area contributed by atoms with Crippen LogP contribution in [0.4, 0.5) is 0 Å². The monoisotopic (exact) mass is 298 g/mol. The first kappa shape index (κ1) is 14.0. The largest absolute Gasteiger partial charge is 0.460 e. The van der Waals surface area contributed by atoms with Crippen LogP contribution in [0.2, 0.25) is 0 Å². The second kappa shape index (κ2) is 5.80. The SMILES string of the molecule is CCOC(=O)c1ocnc1-c1nn(-c2ccccc2)nc1C. The number of rotatable bonds is 4. The van der Waals surface area contributed by atoms with Gasteiger partial charge in [0.1, 0.15) is 11.4 Å². The molecule has 3 aromatic rings. The molecule has 22 heavy (non-hydrogen) atoms. The molecule has 0 saturated carbocycles. The minimum Gasteiger partial charge on any atom is -0.460 e. The Hall–Kier alpha value is -2.96. The van der Waals surface area contributed by atoms with E-state index in [1.54, 1.807) is 13.8 Å². The van der Waals surface area contributed by atoms with Crippen LogP contribution in [0.25, 0.3) is 17.1 Å². The Bertz CT molecular complexity index is 792. The lowest BCUT2D eigenvalue weighted by Gasteiger charge is -1.99. The first-order chi connectivity index (χ1) is 10.7. The average molecular weight is 298 g/mol. The molecular weight excluding hydrogens is 284 g/mol. The highest BCUT2D eigenvalue weighted by atomic mass is 16.5. The third-order valence-corrected chi connectivity index (χ3v) is 3.02. The summed E-state index contributed by atoms with van der Waals surface area (Å²) in [6.45, 7) is 3.78. The molecule has 0 fully saturated rings. The molecule has 2 heterocycles. The van der Waals surface area contributed by atoms with Crippen LogP contribution < -0.4 is 0 Å². The van der Waals surface area contributed by atoms with E-state index in [1.165, 1.54) is 11.2 Å². The molecule has 1 aromatic carbocycles. The maximum atomic E-state index is 11.9. The van der Waals surface area contributed by atoms with Crippen molar-refractivity contribution in [2.45, 2.75) is 13.8 Å². The van der Waals surface area contributed by atoms with E-state index in [1.807, 2.05) is 30.3 Å². The highest BCUT2D eigenvalue weighted by Gasteiger charge is 2.24. The number of aryl methyl sites for hydroxylation is 1. The van der Waals surface area contributed by atoms with Gasteiger partial charge in [0.25, 0.3) is 0 Å². The molecule has 0 aliphatic carbocycles. The molecule has 0 aliphatic rings. The van der Waals surface area contributed by atoms with Crippen molar-refractivity contribution in [1.29, 1.82) is 0 Å². The summed E-state index contributed by atoms with van der Waals surface area (Å²) in [6.07, 6.45) is 1.20. The van der Waals surface area contributed by atoms with Gasteiger partial charge in [0.15, 0.2) is 6.39 Å². The molecule has 2 aromatic heterocycles. The normalized spacial score (nSPS) is 10.6. The Morgan fingerprint density at radius 3 is 2.73 bits per heavy atom. The van der Waals surface area contributed by atoms with Crippen molar-refractivity contribution in [3.05, 3.63) is 48.2 Å². The summed E-state index contributed by atoms with van der Waals surface area (Å²) in [7, 11) is 0. The van der Waals surface area contributed by atoms with Gasteiger partial charge in [-0.15, -0.1) is 5.10 Å². The van der Waals surface area contributed by atoms with E-state index >= 15 is 0 Å². The number of carbonyl (C=O) groups excluding carboxylic acids is 1. The van der Waals surface area contributed by atoms with Gasteiger partial charge >= 0.3 is 5.97 Å². The second-order valence-corrected chi connectivity index (χ2v) is 4.51. The van der Waals surface area contributed by atoms with E-state index in [4.69, 9.17) is 9.15 Å². The van der Waals surface area contributed by atoms with Crippen LogP contribution in [0, 0.1) is 6.92 Å². The van der Waals surface area contributed by atoms with E-state index in [0.29, 0.717) is 17.1 Å². The minimum atomic E-state index is -0.566.